The molecule has 0 fully saturated rings. The number of aromatic nitrogens is 2. The summed E-state index contributed by atoms with van der Waals surface area (Å²) in [5, 5.41) is 0. The fourth-order valence-electron chi connectivity index (χ4n) is 1.64. The van der Waals surface area contributed by atoms with Crippen LogP contribution < -0.4 is 0 Å². The van der Waals surface area contributed by atoms with Crippen LogP contribution in [0.15, 0.2) is 36.7 Å². The molecule has 0 unspecified atom stereocenters. The van der Waals surface area contributed by atoms with Crippen molar-refractivity contribution < 1.29 is 0 Å². The van der Waals surface area contributed by atoms with Gasteiger partial charge in [0.25, 0.3) is 0 Å². The maximum absolute atomic E-state index is 4.44. The minimum Gasteiger partial charge on any atom is -0.253 e. The van der Waals surface area contributed by atoms with Gasteiger partial charge in [-0.1, -0.05) is 31.5 Å². The molecule has 0 saturated heterocycles. The Balaban J connectivity index is 2.21. The van der Waals surface area contributed by atoms with E-state index >= 15 is 0 Å². The van der Waals surface area contributed by atoms with E-state index in [1.165, 1.54) is 0 Å². The van der Waals surface area contributed by atoms with Crippen LogP contribution in [0.2, 0.25) is 19.6 Å². The van der Waals surface area contributed by atoms with Gasteiger partial charge in [-0.3, -0.25) is 9.97 Å². The molecule has 2 aromatic heterocycles. The molecular weight excluding hydrogens is 272 g/mol. The summed E-state index contributed by atoms with van der Waals surface area (Å²) in [6, 6.07) is 7.85. The molecule has 2 rings (SSSR count). The smallest absolute Gasteiger partial charge is 0.129 e. The van der Waals surface area contributed by atoms with Crippen LogP contribution in [0.3, 0.4) is 0 Å². The fourth-order valence-corrected chi connectivity index (χ4v) is 2.16. The Morgan fingerprint density at radius 1 is 0.810 bits per heavy atom. The van der Waals surface area contributed by atoms with Crippen LogP contribution in [0.25, 0.3) is 11.4 Å². The molecule has 21 heavy (non-hydrogen) atoms. The van der Waals surface area contributed by atoms with Crippen molar-refractivity contribution in [3.8, 4) is 34.7 Å². The van der Waals surface area contributed by atoms with Gasteiger partial charge in [-0.25, -0.2) is 0 Å². The van der Waals surface area contributed by atoms with Crippen LogP contribution in [-0.4, -0.2) is 18.0 Å². The summed E-state index contributed by atoms with van der Waals surface area (Å²) in [6.45, 7) is 8.50. The van der Waals surface area contributed by atoms with Crippen molar-refractivity contribution in [1.29, 1.82) is 0 Å². The largest absolute Gasteiger partial charge is 0.253 e. The van der Waals surface area contributed by atoms with Crippen molar-refractivity contribution >= 4 is 8.07 Å². The summed E-state index contributed by atoms with van der Waals surface area (Å²) in [7, 11) is -1.35. The molecule has 0 aliphatic heterocycles. The van der Waals surface area contributed by atoms with Crippen molar-refractivity contribution in [2.75, 3.05) is 0 Å². The predicted octanol–water partition coefficient (Wildman–Crippen LogP) is 3.74. The normalized spacial score (nSPS) is 10.1. The van der Waals surface area contributed by atoms with Crippen molar-refractivity contribution in [2.24, 2.45) is 0 Å². The molecule has 0 saturated carbocycles. The maximum Gasteiger partial charge on any atom is 0.129 e. The maximum atomic E-state index is 4.44. The van der Waals surface area contributed by atoms with Crippen molar-refractivity contribution in [2.45, 2.75) is 26.6 Å². The highest BCUT2D eigenvalue weighted by atomic mass is 28.3. The van der Waals surface area contributed by atoms with Gasteiger partial charge in [0.15, 0.2) is 0 Å². The molecule has 104 valence electrons. The topological polar surface area (TPSA) is 25.8 Å². The van der Waals surface area contributed by atoms with Crippen LogP contribution in [0.5, 0.6) is 0 Å². The third-order valence-electron chi connectivity index (χ3n) is 2.64. The molecule has 0 amide bonds. The van der Waals surface area contributed by atoms with Gasteiger partial charge in [0.1, 0.15) is 8.07 Å². The van der Waals surface area contributed by atoms with E-state index in [0.717, 1.165) is 22.5 Å². The molecular formula is C18H18N2Si. The van der Waals surface area contributed by atoms with Gasteiger partial charge in [0, 0.05) is 23.5 Å². The summed E-state index contributed by atoms with van der Waals surface area (Å²) in [6.07, 6.45) is 3.58. The van der Waals surface area contributed by atoms with Crippen LogP contribution in [0.4, 0.5) is 0 Å². The predicted molar refractivity (Wildman–Crippen MR) is 90.2 cm³/mol. The van der Waals surface area contributed by atoms with E-state index in [1.807, 2.05) is 37.4 Å². The zero-order valence-corrected chi connectivity index (χ0v) is 13.9. The summed E-state index contributed by atoms with van der Waals surface area (Å²) < 4.78 is 0. The van der Waals surface area contributed by atoms with Crippen LogP contribution in [0, 0.1) is 23.3 Å². The third-order valence-corrected chi connectivity index (χ3v) is 3.52. The molecule has 2 heterocycles. The van der Waals surface area contributed by atoms with Crippen LogP contribution >= 0.6 is 0 Å². The number of pyridine rings is 2. The van der Waals surface area contributed by atoms with Gasteiger partial charge in [0.2, 0.25) is 0 Å². The SMILES string of the molecule is CC#Cc1ccc(-c2ccc(C#C[Si](C)(C)C)cn2)nc1. The van der Waals surface area contributed by atoms with Gasteiger partial charge in [-0.2, -0.15) is 0 Å². The summed E-state index contributed by atoms with van der Waals surface area (Å²) in [4.78, 5) is 8.83. The van der Waals surface area contributed by atoms with E-state index in [9.17, 15) is 0 Å². The monoisotopic (exact) mass is 290 g/mol. The van der Waals surface area contributed by atoms with Crippen LogP contribution in [0.1, 0.15) is 18.1 Å². The second-order valence-corrected chi connectivity index (χ2v) is 10.5. The van der Waals surface area contributed by atoms with E-state index in [2.05, 4.69) is 52.9 Å². The zero-order valence-electron chi connectivity index (χ0n) is 12.9. The number of hydrogen-bond acceptors (Lipinski definition) is 2. The number of rotatable bonds is 1. The van der Waals surface area contributed by atoms with Crippen LogP contribution in [-0.2, 0) is 0 Å². The Morgan fingerprint density at radius 3 is 1.71 bits per heavy atom. The minimum absolute atomic E-state index is 0.848. The van der Waals surface area contributed by atoms with Crippen molar-refractivity contribution in [3.63, 3.8) is 0 Å². The lowest BCUT2D eigenvalue weighted by atomic mass is 10.2. The van der Waals surface area contributed by atoms with E-state index in [0.29, 0.717) is 0 Å². The number of nitrogens with zero attached hydrogens (tertiary/aromatic N) is 2. The highest BCUT2D eigenvalue weighted by molar-refractivity contribution is 6.83. The Labute approximate surface area is 127 Å². The van der Waals surface area contributed by atoms with E-state index < -0.39 is 8.07 Å². The van der Waals surface area contributed by atoms with Gasteiger partial charge in [-0.15, -0.1) is 11.5 Å². The van der Waals surface area contributed by atoms with Gasteiger partial charge in [0.05, 0.1) is 11.4 Å². The quantitative estimate of drug-likeness (QED) is 0.590. The molecule has 2 nitrogen and oxygen atoms in total. The molecule has 0 bridgehead atoms. The summed E-state index contributed by atoms with van der Waals surface area (Å²) in [5.74, 6) is 9.04. The van der Waals surface area contributed by atoms with Gasteiger partial charge < -0.3 is 0 Å². The Hall–Kier alpha value is -2.36. The molecule has 0 radical (unpaired) electrons. The first-order chi connectivity index (χ1) is 9.98. The lowest BCUT2D eigenvalue weighted by Gasteiger charge is -2.03. The lowest BCUT2D eigenvalue weighted by Crippen LogP contribution is -2.16. The summed E-state index contributed by atoms with van der Waals surface area (Å²) >= 11 is 0. The highest BCUT2D eigenvalue weighted by Crippen LogP contribution is 2.14. The standard InChI is InChI=1S/C18H18N2Si/c1-5-6-15-7-9-17(19-13-15)18-10-8-16(14-20-18)11-12-21(2,3)4/h7-10,13-14H,1-4H3. The number of hydrogen-bond donors (Lipinski definition) is 0. The average molecular weight is 290 g/mol. The molecule has 0 N–H and O–H groups in total. The average Bonchev–Trinajstić information content (AvgIpc) is 2.46. The highest BCUT2D eigenvalue weighted by Gasteiger charge is 2.07. The summed E-state index contributed by atoms with van der Waals surface area (Å²) in [5.41, 5.74) is 6.91. The fraction of sp³-hybridized carbons (Fsp3) is 0.222. The molecule has 0 aliphatic rings. The Morgan fingerprint density at radius 2 is 1.33 bits per heavy atom. The second kappa shape index (κ2) is 6.39. The van der Waals surface area contributed by atoms with E-state index in [1.54, 1.807) is 6.20 Å². The molecule has 0 spiro atoms. The Bertz CT molecular complexity index is 731. The van der Waals surface area contributed by atoms with Crippen molar-refractivity contribution in [1.82, 2.24) is 9.97 Å². The van der Waals surface area contributed by atoms with E-state index in [-0.39, 0.29) is 0 Å². The van der Waals surface area contributed by atoms with Gasteiger partial charge in [-0.05, 0) is 31.2 Å². The first kappa shape index (κ1) is 15.0. The molecule has 0 aliphatic carbocycles. The first-order valence-electron chi connectivity index (χ1n) is 6.86. The Kier molecular flexibility index (Phi) is 4.58. The second-order valence-electron chi connectivity index (χ2n) is 5.74. The third kappa shape index (κ3) is 4.59. The van der Waals surface area contributed by atoms with E-state index in [4.69, 9.17) is 0 Å². The lowest BCUT2D eigenvalue weighted by molar-refractivity contribution is 1.24. The molecule has 3 heteroatoms. The zero-order chi connectivity index (χ0) is 15.3. The minimum atomic E-state index is -1.35. The molecule has 0 aromatic carbocycles. The van der Waals surface area contributed by atoms with Crippen molar-refractivity contribution in [3.05, 3.63) is 47.8 Å². The first-order valence-corrected chi connectivity index (χ1v) is 10.4. The van der Waals surface area contributed by atoms with Gasteiger partial charge >= 0.3 is 0 Å². The molecule has 2 aromatic rings. The molecule has 0 atom stereocenters.